The summed E-state index contributed by atoms with van der Waals surface area (Å²) in [5, 5.41) is 6.25. The third-order valence-corrected chi connectivity index (χ3v) is 3.86. The van der Waals surface area contributed by atoms with Crippen LogP contribution in [0.3, 0.4) is 0 Å². The van der Waals surface area contributed by atoms with Crippen molar-refractivity contribution in [3.8, 4) is 0 Å². The molecule has 0 fully saturated rings. The van der Waals surface area contributed by atoms with Crippen LogP contribution in [0.1, 0.15) is 42.1 Å². The molecule has 1 rings (SSSR count). The minimum absolute atomic E-state index is 0.0374. The topological polar surface area (TPSA) is 41.1 Å². The Labute approximate surface area is 126 Å². The minimum atomic E-state index is 0.0374. The minimum Gasteiger partial charge on any atom is -0.385 e. The molecule has 0 unspecified atom stereocenters. The highest BCUT2D eigenvalue weighted by atomic mass is 32.2. The molecular weight excluding hydrogens is 268 g/mol. The maximum atomic E-state index is 12.1. The van der Waals surface area contributed by atoms with Gasteiger partial charge in [-0.3, -0.25) is 4.79 Å². The van der Waals surface area contributed by atoms with E-state index in [0.717, 1.165) is 36.3 Å². The quantitative estimate of drug-likeness (QED) is 0.682. The third-order valence-electron chi connectivity index (χ3n) is 3.16. The van der Waals surface area contributed by atoms with Crippen LogP contribution in [0.25, 0.3) is 0 Å². The Bertz CT molecular complexity index is 421. The fourth-order valence-corrected chi connectivity index (χ4v) is 2.57. The van der Waals surface area contributed by atoms with E-state index in [9.17, 15) is 4.79 Å². The molecule has 0 saturated heterocycles. The van der Waals surface area contributed by atoms with E-state index in [2.05, 4.69) is 23.8 Å². The van der Waals surface area contributed by atoms with E-state index >= 15 is 0 Å². The molecule has 0 aliphatic rings. The Hall–Kier alpha value is -1.16. The van der Waals surface area contributed by atoms with Crippen LogP contribution < -0.4 is 10.6 Å². The zero-order valence-electron chi connectivity index (χ0n) is 12.8. The molecule has 1 amide bonds. The number of amides is 1. The van der Waals surface area contributed by atoms with Gasteiger partial charge in [0.1, 0.15) is 0 Å². The largest absolute Gasteiger partial charge is 0.385 e. The van der Waals surface area contributed by atoms with E-state index in [0.29, 0.717) is 0 Å². The molecule has 112 valence electrons. The van der Waals surface area contributed by atoms with Crippen molar-refractivity contribution in [3.63, 3.8) is 0 Å². The molecule has 0 aliphatic heterocycles. The second-order valence-electron chi connectivity index (χ2n) is 4.87. The molecule has 4 heteroatoms. The molecule has 0 bridgehead atoms. The fourth-order valence-electron chi connectivity index (χ4n) is 2.08. The first kappa shape index (κ1) is 16.9. The lowest BCUT2D eigenvalue weighted by molar-refractivity contribution is 0.0952. The van der Waals surface area contributed by atoms with Gasteiger partial charge in [0, 0.05) is 24.3 Å². The van der Waals surface area contributed by atoms with Gasteiger partial charge >= 0.3 is 0 Å². The lowest BCUT2D eigenvalue weighted by Gasteiger charge is -2.10. The molecule has 20 heavy (non-hydrogen) atoms. The van der Waals surface area contributed by atoms with Gasteiger partial charge in [0.2, 0.25) is 0 Å². The van der Waals surface area contributed by atoms with Crippen LogP contribution in [0.2, 0.25) is 0 Å². The van der Waals surface area contributed by atoms with E-state index < -0.39 is 0 Å². The number of unbranched alkanes of at least 4 members (excludes halogenated alkanes) is 2. The van der Waals surface area contributed by atoms with Gasteiger partial charge < -0.3 is 10.6 Å². The summed E-state index contributed by atoms with van der Waals surface area (Å²) in [4.78, 5) is 12.1. The maximum Gasteiger partial charge on any atom is 0.251 e. The van der Waals surface area contributed by atoms with Crippen molar-refractivity contribution < 1.29 is 4.79 Å². The van der Waals surface area contributed by atoms with Crippen molar-refractivity contribution in [3.05, 3.63) is 29.3 Å². The van der Waals surface area contributed by atoms with Gasteiger partial charge in [-0.25, -0.2) is 0 Å². The first-order chi connectivity index (χ1) is 9.69. The van der Waals surface area contributed by atoms with Crippen molar-refractivity contribution in [2.45, 2.75) is 33.1 Å². The molecule has 0 atom stereocenters. The van der Waals surface area contributed by atoms with Crippen molar-refractivity contribution in [2.75, 3.05) is 30.4 Å². The van der Waals surface area contributed by atoms with Crippen molar-refractivity contribution >= 4 is 23.4 Å². The highest BCUT2D eigenvalue weighted by Crippen LogP contribution is 2.15. The van der Waals surface area contributed by atoms with Crippen LogP contribution in [0.15, 0.2) is 18.2 Å². The highest BCUT2D eigenvalue weighted by Gasteiger charge is 2.08. The molecule has 0 spiro atoms. The molecule has 3 nitrogen and oxygen atoms in total. The van der Waals surface area contributed by atoms with Gasteiger partial charge in [-0.1, -0.05) is 6.42 Å². The van der Waals surface area contributed by atoms with Crippen LogP contribution in [0.5, 0.6) is 0 Å². The average Bonchev–Trinajstić information content (AvgIpc) is 2.43. The number of aryl methyl sites for hydroxylation is 1. The lowest BCUT2D eigenvalue weighted by atomic mass is 10.1. The third kappa shape index (κ3) is 5.87. The Kier molecular flexibility index (Phi) is 8.19. The van der Waals surface area contributed by atoms with Crippen molar-refractivity contribution in [2.24, 2.45) is 0 Å². The zero-order chi connectivity index (χ0) is 14.8. The number of hydrogen-bond donors (Lipinski definition) is 2. The van der Waals surface area contributed by atoms with Crippen molar-refractivity contribution in [1.29, 1.82) is 0 Å². The number of thioether (sulfide) groups is 1. The zero-order valence-corrected chi connectivity index (χ0v) is 13.6. The second-order valence-corrected chi connectivity index (χ2v) is 5.85. The summed E-state index contributed by atoms with van der Waals surface area (Å²) >= 11 is 1.88. The van der Waals surface area contributed by atoms with E-state index in [1.807, 2.05) is 36.9 Å². The van der Waals surface area contributed by atoms with Gasteiger partial charge in [0.25, 0.3) is 5.91 Å². The highest BCUT2D eigenvalue weighted by molar-refractivity contribution is 7.98. The number of anilines is 1. The summed E-state index contributed by atoms with van der Waals surface area (Å²) in [6.45, 7) is 5.70. The Morgan fingerprint density at radius 2 is 2.05 bits per heavy atom. The normalized spacial score (nSPS) is 10.3. The van der Waals surface area contributed by atoms with E-state index in [1.54, 1.807) is 0 Å². The lowest BCUT2D eigenvalue weighted by Crippen LogP contribution is -2.25. The van der Waals surface area contributed by atoms with E-state index in [-0.39, 0.29) is 5.91 Å². The standard InChI is InChI=1S/C16H26N2OS/c1-4-17-14-8-9-15(13(2)12-14)16(19)18-10-6-5-7-11-20-3/h8-9,12,17H,4-7,10-11H2,1-3H3,(H,18,19). The van der Waals surface area contributed by atoms with Gasteiger partial charge in [0.05, 0.1) is 0 Å². The van der Waals surface area contributed by atoms with Crippen molar-refractivity contribution in [1.82, 2.24) is 5.32 Å². The molecule has 1 aromatic carbocycles. The van der Waals surface area contributed by atoms with Crippen LogP contribution >= 0.6 is 11.8 Å². The second kappa shape index (κ2) is 9.70. The Balaban J connectivity index is 2.39. The SMILES string of the molecule is CCNc1ccc(C(=O)NCCCCCSC)c(C)c1. The molecule has 0 radical (unpaired) electrons. The summed E-state index contributed by atoms with van der Waals surface area (Å²) in [5.41, 5.74) is 2.86. The van der Waals surface area contributed by atoms with Gasteiger partial charge in [-0.2, -0.15) is 11.8 Å². The molecule has 0 saturated carbocycles. The molecule has 0 heterocycles. The number of carbonyl (C=O) groups excluding carboxylic acids is 1. The maximum absolute atomic E-state index is 12.1. The Morgan fingerprint density at radius 3 is 2.70 bits per heavy atom. The summed E-state index contributed by atoms with van der Waals surface area (Å²) in [7, 11) is 0. The van der Waals surface area contributed by atoms with E-state index in [4.69, 9.17) is 0 Å². The number of nitrogens with one attached hydrogen (secondary N) is 2. The number of benzene rings is 1. The summed E-state index contributed by atoms with van der Waals surface area (Å²) in [6, 6.07) is 5.89. The molecular formula is C16H26N2OS. The van der Waals surface area contributed by atoms with E-state index in [1.165, 1.54) is 18.6 Å². The summed E-state index contributed by atoms with van der Waals surface area (Å²) in [6.07, 6.45) is 5.59. The summed E-state index contributed by atoms with van der Waals surface area (Å²) in [5.74, 6) is 1.24. The number of carbonyl (C=O) groups is 1. The van der Waals surface area contributed by atoms with Crippen LogP contribution in [-0.2, 0) is 0 Å². The van der Waals surface area contributed by atoms with Gasteiger partial charge in [-0.15, -0.1) is 0 Å². The van der Waals surface area contributed by atoms with Crippen LogP contribution in [-0.4, -0.2) is 31.0 Å². The van der Waals surface area contributed by atoms with Gasteiger partial charge in [-0.05, 0) is 62.5 Å². The molecule has 0 aromatic heterocycles. The first-order valence-electron chi connectivity index (χ1n) is 7.30. The number of rotatable bonds is 9. The molecule has 1 aromatic rings. The van der Waals surface area contributed by atoms with Crippen LogP contribution in [0, 0.1) is 6.92 Å². The summed E-state index contributed by atoms with van der Waals surface area (Å²) < 4.78 is 0. The predicted molar refractivity (Wildman–Crippen MR) is 89.9 cm³/mol. The Morgan fingerprint density at radius 1 is 1.25 bits per heavy atom. The van der Waals surface area contributed by atoms with Crippen LogP contribution in [0.4, 0.5) is 5.69 Å². The smallest absolute Gasteiger partial charge is 0.251 e. The first-order valence-corrected chi connectivity index (χ1v) is 8.70. The molecule has 2 N–H and O–H groups in total. The number of hydrogen-bond acceptors (Lipinski definition) is 3. The monoisotopic (exact) mass is 294 g/mol. The predicted octanol–water partition coefficient (Wildman–Crippen LogP) is 3.69. The average molecular weight is 294 g/mol. The molecule has 0 aliphatic carbocycles. The fraction of sp³-hybridized carbons (Fsp3) is 0.562. The van der Waals surface area contributed by atoms with Gasteiger partial charge in [0.15, 0.2) is 0 Å².